The maximum atomic E-state index is 13.0. The van der Waals surface area contributed by atoms with Gasteiger partial charge in [-0.05, 0) is 68.4 Å². The summed E-state index contributed by atoms with van der Waals surface area (Å²) in [5.74, 6) is -0.717. The number of carbonyl (C=O) groups excluding carboxylic acids is 1. The van der Waals surface area contributed by atoms with Crippen molar-refractivity contribution < 1.29 is 19.1 Å². The molecule has 0 aliphatic heterocycles. The van der Waals surface area contributed by atoms with E-state index < -0.39 is 5.97 Å². The lowest BCUT2D eigenvalue weighted by Gasteiger charge is -2.25. The topological polar surface area (TPSA) is 110 Å². The number of benzene rings is 1. The van der Waals surface area contributed by atoms with E-state index >= 15 is 0 Å². The number of carbonyl (C=O) groups is 2. The van der Waals surface area contributed by atoms with Gasteiger partial charge in [0.15, 0.2) is 5.82 Å². The predicted molar refractivity (Wildman–Crippen MR) is 119 cm³/mol. The number of amides is 1. The highest BCUT2D eigenvalue weighted by atomic mass is 19.1. The van der Waals surface area contributed by atoms with Gasteiger partial charge in [-0.15, -0.1) is 0 Å². The van der Waals surface area contributed by atoms with Gasteiger partial charge in [0.25, 0.3) is 5.91 Å². The number of hydrogen-bond acceptors (Lipinski definition) is 5. The summed E-state index contributed by atoms with van der Waals surface area (Å²) in [7, 11) is 0. The van der Waals surface area contributed by atoms with Crippen molar-refractivity contribution in [3.8, 4) is 11.4 Å². The first kappa shape index (κ1) is 22.6. The van der Waals surface area contributed by atoms with Crippen LogP contribution in [0, 0.1) is 24.6 Å². The summed E-state index contributed by atoms with van der Waals surface area (Å²) < 4.78 is 14.8. The predicted octanol–water partition coefficient (Wildman–Crippen LogP) is 3.61. The molecule has 172 valence electrons. The average Bonchev–Trinajstić information content (AvgIpc) is 3.27. The normalized spacial score (nSPS) is 18.1. The number of pyridine rings is 1. The van der Waals surface area contributed by atoms with Gasteiger partial charge in [0.1, 0.15) is 17.8 Å². The molecule has 3 aromatic rings. The van der Waals surface area contributed by atoms with Crippen molar-refractivity contribution in [3.05, 3.63) is 65.5 Å². The lowest BCUT2D eigenvalue weighted by atomic mass is 9.82. The number of aryl methyl sites for hydroxylation is 1. The first-order valence-corrected chi connectivity index (χ1v) is 11.0. The summed E-state index contributed by atoms with van der Waals surface area (Å²) in [5, 5.41) is 16.5. The van der Waals surface area contributed by atoms with Gasteiger partial charge in [-0.3, -0.25) is 14.3 Å². The Morgan fingerprint density at radius 3 is 2.58 bits per heavy atom. The first-order valence-electron chi connectivity index (χ1n) is 11.0. The van der Waals surface area contributed by atoms with Crippen molar-refractivity contribution in [3.63, 3.8) is 0 Å². The van der Waals surface area contributed by atoms with E-state index in [1.807, 2.05) is 6.07 Å². The van der Waals surface area contributed by atoms with Crippen molar-refractivity contribution in [2.75, 3.05) is 0 Å². The molecule has 0 radical (unpaired) electrons. The summed E-state index contributed by atoms with van der Waals surface area (Å²) in [5.41, 5.74) is 2.41. The molecule has 0 atom stereocenters. The monoisotopic (exact) mass is 451 g/mol. The largest absolute Gasteiger partial charge is 0.481 e. The van der Waals surface area contributed by atoms with Crippen molar-refractivity contribution in [2.24, 2.45) is 11.8 Å². The van der Waals surface area contributed by atoms with Crippen LogP contribution < -0.4 is 5.32 Å². The van der Waals surface area contributed by atoms with Crippen LogP contribution in [-0.2, 0) is 17.9 Å². The fraction of sp³-hybridized carbons (Fsp3) is 0.375. The zero-order valence-electron chi connectivity index (χ0n) is 18.4. The number of carboxylic acids is 1. The highest BCUT2D eigenvalue weighted by Crippen LogP contribution is 2.30. The molecule has 1 fully saturated rings. The van der Waals surface area contributed by atoms with Gasteiger partial charge in [0, 0.05) is 24.3 Å². The zero-order chi connectivity index (χ0) is 23.4. The van der Waals surface area contributed by atoms with Gasteiger partial charge in [0.05, 0.1) is 5.92 Å². The maximum Gasteiger partial charge on any atom is 0.306 e. The Hall–Kier alpha value is -3.62. The number of halogens is 1. The minimum atomic E-state index is -0.706. The van der Waals surface area contributed by atoms with E-state index in [1.165, 1.54) is 12.1 Å². The van der Waals surface area contributed by atoms with Crippen LogP contribution in [0.4, 0.5) is 4.39 Å². The number of rotatable bonds is 7. The molecule has 8 nitrogen and oxygen atoms in total. The highest BCUT2D eigenvalue weighted by molar-refractivity contribution is 5.93. The smallest absolute Gasteiger partial charge is 0.306 e. The molecule has 0 saturated heterocycles. The van der Waals surface area contributed by atoms with Gasteiger partial charge in [-0.25, -0.2) is 14.4 Å². The summed E-state index contributed by atoms with van der Waals surface area (Å²) in [6.07, 6.45) is 4.78. The van der Waals surface area contributed by atoms with E-state index in [1.54, 1.807) is 36.1 Å². The standard InChI is InChI=1S/C24H26FN5O3/c1-15-10-19(11-21(28-15)23(31)26-12-16-4-8-20(25)9-5-16)22-27-14-30(29-22)13-17-2-6-18(7-3-17)24(32)33/h4-5,8-11,14,17-18H,2-3,6-7,12-13H2,1H3,(H,26,31)(H,32,33). The minimum absolute atomic E-state index is 0.236. The molecule has 1 aromatic carbocycles. The molecule has 1 amide bonds. The van der Waals surface area contributed by atoms with Gasteiger partial charge in [0.2, 0.25) is 0 Å². The van der Waals surface area contributed by atoms with E-state index in [-0.39, 0.29) is 29.9 Å². The Kier molecular flexibility index (Phi) is 6.76. The van der Waals surface area contributed by atoms with E-state index in [0.29, 0.717) is 42.4 Å². The molecular weight excluding hydrogens is 425 g/mol. The molecule has 0 bridgehead atoms. The minimum Gasteiger partial charge on any atom is -0.481 e. The number of hydrogen-bond donors (Lipinski definition) is 2. The lowest BCUT2D eigenvalue weighted by Crippen LogP contribution is -2.24. The van der Waals surface area contributed by atoms with Crippen molar-refractivity contribution in [1.82, 2.24) is 25.1 Å². The third-order valence-corrected chi connectivity index (χ3v) is 5.99. The SMILES string of the molecule is Cc1cc(-c2ncn(CC3CCC(C(=O)O)CC3)n2)cc(C(=O)NCc2ccc(F)cc2)n1. The number of carboxylic acid groups (broad SMARTS) is 1. The molecule has 1 aliphatic carbocycles. The Morgan fingerprint density at radius 1 is 1.15 bits per heavy atom. The lowest BCUT2D eigenvalue weighted by molar-refractivity contribution is -0.143. The van der Waals surface area contributed by atoms with Crippen molar-refractivity contribution in [2.45, 2.75) is 45.7 Å². The molecule has 4 rings (SSSR count). The van der Waals surface area contributed by atoms with Crippen molar-refractivity contribution >= 4 is 11.9 Å². The van der Waals surface area contributed by atoms with Gasteiger partial charge in [-0.2, -0.15) is 5.10 Å². The van der Waals surface area contributed by atoms with Crippen LogP contribution in [0.25, 0.3) is 11.4 Å². The molecule has 1 aliphatic rings. The second-order valence-corrected chi connectivity index (χ2v) is 8.54. The van der Waals surface area contributed by atoms with E-state index in [0.717, 1.165) is 18.4 Å². The van der Waals surface area contributed by atoms with Crippen LogP contribution in [0.5, 0.6) is 0 Å². The molecular formula is C24H26FN5O3. The van der Waals surface area contributed by atoms with Gasteiger partial charge in [-0.1, -0.05) is 12.1 Å². The summed E-state index contributed by atoms with van der Waals surface area (Å²) >= 11 is 0. The van der Waals surface area contributed by atoms with E-state index in [4.69, 9.17) is 5.11 Å². The molecule has 9 heteroatoms. The average molecular weight is 452 g/mol. The molecule has 0 unspecified atom stereocenters. The first-order chi connectivity index (χ1) is 15.9. The Bertz CT molecular complexity index is 1140. The maximum absolute atomic E-state index is 13.0. The third kappa shape index (κ3) is 5.79. The molecule has 2 heterocycles. The Labute approximate surface area is 190 Å². The fourth-order valence-corrected chi connectivity index (χ4v) is 4.16. The third-order valence-electron chi connectivity index (χ3n) is 5.99. The van der Waals surface area contributed by atoms with Crippen molar-refractivity contribution in [1.29, 1.82) is 0 Å². The van der Waals surface area contributed by atoms with Crippen LogP contribution >= 0.6 is 0 Å². The van der Waals surface area contributed by atoms with Gasteiger partial charge < -0.3 is 10.4 Å². The highest BCUT2D eigenvalue weighted by Gasteiger charge is 2.26. The Balaban J connectivity index is 1.40. The van der Waals surface area contributed by atoms with E-state index in [2.05, 4.69) is 20.4 Å². The number of nitrogens with one attached hydrogen (secondary N) is 1. The molecule has 2 N–H and O–H groups in total. The number of aromatic nitrogens is 4. The second-order valence-electron chi connectivity index (χ2n) is 8.54. The zero-order valence-corrected chi connectivity index (χ0v) is 18.4. The summed E-state index contributed by atoms with van der Waals surface area (Å²) in [6.45, 7) is 2.76. The van der Waals surface area contributed by atoms with Crippen LogP contribution in [0.3, 0.4) is 0 Å². The van der Waals surface area contributed by atoms with Crippen LogP contribution in [0.1, 0.15) is 47.4 Å². The molecule has 2 aromatic heterocycles. The van der Waals surface area contributed by atoms with Crippen LogP contribution in [0.2, 0.25) is 0 Å². The summed E-state index contributed by atoms with van der Waals surface area (Å²) in [4.78, 5) is 32.5. The fourth-order valence-electron chi connectivity index (χ4n) is 4.16. The number of aliphatic carboxylic acids is 1. The summed E-state index contributed by atoms with van der Waals surface area (Å²) in [6, 6.07) is 9.43. The van der Waals surface area contributed by atoms with Crippen LogP contribution in [0.15, 0.2) is 42.7 Å². The Morgan fingerprint density at radius 2 is 1.88 bits per heavy atom. The molecule has 33 heavy (non-hydrogen) atoms. The van der Waals surface area contributed by atoms with Crippen LogP contribution in [-0.4, -0.2) is 36.7 Å². The number of nitrogens with zero attached hydrogens (tertiary/aromatic N) is 4. The quantitative estimate of drug-likeness (QED) is 0.568. The van der Waals surface area contributed by atoms with E-state index in [9.17, 15) is 14.0 Å². The second kappa shape index (κ2) is 9.89. The molecule has 0 spiro atoms. The molecule has 1 saturated carbocycles. The van der Waals surface area contributed by atoms with Gasteiger partial charge >= 0.3 is 5.97 Å².